The van der Waals surface area contributed by atoms with Crippen molar-refractivity contribution in [1.29, 1.82) is 0 Å². The molecule has 3 nitrogen and oxygen atoms in total. The zero-order chi connectivity index (χ0) is 15.7. The first-order chi connectivity index (χ1) is 9.01. The molecule has 2 N–H and O–H groups in total. The van der Waals surface area contributed by atoms with Crippen molar-refractivity contribution in [2.24, 2.45) is 11.1 Å². The Morgan fingerprint density at radius 2 is 1.85 bits per heavy atom. The highest BCUT2D eigenvalue weighted by Gasteiger charge is 2.39. The largest absolute Gasteiger partial charge is 0.469 e. The van der Waals surface area contributed by atoms with Crippen molar-refractivity contribution in [2.45, 2.75) is 26.1 Å². The quantitative estimate of drug-likeness (QED) is 0.688. The Kier molecular flexibility index (Phi) is 4.43. The molecule has 0 unspecified atom stereocenters. The van der Waals surface area contributed by atoms with Crippen molar-refractivity contribution in [3.05, 3.63) is 35.1 Å². The molecule has 112 valence electrons. The summed E-state index contributed by atoms with van der Waals surface area (Å²) in [4.78, 5) is 11.6. The van der Waals surface area contributed by atoms with Gasteiger partial charge in [-0.2, -0.15) is 13.2 Å². The number of hydrogen-bond donors (Lipinski definition) is 1. The lowest BCUT2D eigenvalue weighted by molar-refractivity contribution is -0.152. The molecule has 0 amide bonds. The summed E-state index contributed by atoms with van der Waals surface area (Å²) in [6.07, 6.45) is -4.61. The number of hydrogen-bond acceptors (Lipinski definition) is 3. The van der Waals surface area contributed by atoms with E-state index in [0.717, 1.165) is 7.11 Å². The Labute approximate surface area is 113 Å². The van der Waals surface area contributed by atoms with Gasteiger partial charge in [0.15, 0.2) is 0 Å². The van der Waals surface area contributed by atoms with Gasteiger partial charge in [0.1, 0.15) is 5.82 Å². The highest BCUT2D eigenvalue weighted by molar-refractivity contribution is 5.77. The van der Waals surface area contributed by atoms with E-state index < -0.39 is 35.0 Å². The van der Waals surface area contributed by atoms with Crippen LogP contribution in [0.5, 0.6) is 0 Å². The summed E-state index contributed by atoms with van der Waals surface area (Å²) in [6.45, 7) is 2.76. The predicted octanol–water partition coefficient (Wildman–Crippen LogP) is 3.04. The molecule has 0 aliphatic rings. The van der Waals surface area contributed by atoms with E-state index >= 15 is 0 Å². The Bertz CT molecular complexity index is 512. The van der Waals surface area contributed by atoms with Crippen LogP contribution in [0.3, 0.4) is 0 Å². The molecule has 0 aliphatic carbocycles. The lowest BCUT2D eigenvalue weighted by atomic mass is 9.80. The molecule has 0 aliphatic heterocycles. The molecule has 20 heavy (non-hydrogen) atoms. The highest BCUT2D eigenvalue weighted by Crippen LogP contribution is 2.37. The standard InChI is InChI=1S/C13H15F4NO2/c1-12(2,11(19)20-3)10(18)8-6-7(13(15,16)17)4-5-9(8)14/h4-6,10H,18H2,1-3H3/t10-/m0/s1. The molecule has 0 radical (unpaired) electrons. The topological polar surface area (TPSA) is 52.3 Å². The minimum absolute atomic E-state index is 0.379. The minimum Gasteiger partial charge on any atom is -0.469 e. The van der Waals surface area contributed by atoms with Crippen molar-refractivity contribution in [1.82, 2.24) is 0 Å². The molecule has 1 aromatic carbocycles. The smallest absolute Gasteiger partial charge is 0.416 e. The number of carbonyl (C=O) groups is 1. The van der Waals surface area contributed by atoms with Crippen LogP contribution in [0.1, 0.15) is 31.0 Å². The van der Waals surface area contributed by atoms with Crippen molar-refractivity contribution >= 4 is 5.97 Å². The molecule has 1 aromatic rings. The van der Waals surface area contributed by atoms with E-state index in [9.17, 15) is 22.4 Å². The van der Waals surface area contributed by atoms with E-state index in [2.05, 4.69) is 4.74 Å². The molecule has 0 bridgehead atoms. The van der Waals surface area contributed by atoms with Gasteiger partial charge in [0, 0.05) is 11.6 Å². The number of carbonyl (C=O) groups excluding carboxylic acids is 1. The molecule has 0 saturated carbocycles. The third kappa shape index (κ3) is 3.09. The zero-order valence-corrected chi connectivity index (χ0v) is 11.2. The number of methoxy groups -OCH3 is 1. The van der Waals surface area contributed by atoms with Crippen LogP contribution < -0.4 is 5.73 Å². The number of alkyl halides is 3. The number of esters is 1. The fourth-order valence-corrected chi connectivity index (χ4v) is 1.74. The van der Waals surface area contributed by atoms with Gasteiger partial charge in [-0.15, -0.1) is 0 Å². The monoisotopic (exact) mass is 293 g/mol. The van der Waals surface area contributed by atoms with Gasteiger partial charge in [0.25, 0.3) is 0 Å². The summed E-state index contributed by atoms with van der Waals surface area (Å²) in [5.41, 5.74) is 2.99. The fourth-order valence-electron chi connectivity index (χ4n) is 1.74. The molecule has 1 atom stereocenters. The third-order valence-electron chi connectivity index (χ3n) is 3.15. The summed E-state index contributed by atoms with van der Waals surface area (Å²) in [5.74, 6) is -1.63. The first-order valence-corrected chi connectivity index (χ1v) is 5.72. The van der Waals surface area contributed by atoms with Crippen molar-refractivity contribution in [2.75, 3.05) is 7.11 Å². The molecule has 0 aromatic heterocycles. The Morgan fingerprint density at radius 1 is 1.30 bits per heavy atom. The third-order valence-corrected chi connectivity index (χ3v) is 3.15. The Hall–Kier alpha value is -1.63. The van der Waals surface area contributed by atoms with Crippen LogP contribution in [0.15, 0.2) is 18.2 Å². The number of benzene rings is 1. The van der Waals surface area contributed by atoms with Gasteiger partial charge in [-0.25, -0.2) is 4.39 Å². The lowest BCUT2D eigenvalue weighted by Gasteiger charge is -2.29. The van der Waals surface area contributed by atoms with Gasteiger partial charge >= 0.3 is 12.1 Å². The highest BCUT2D eigenvalue weighted by atomic mass is 19.4. The van der Waals surface area contributed by atoms with E-state index in [1.54, 1.807) is 0 Å². The van der Waals surface area contributed by atoms with Gasteiger partial charge < -0.3 is 10.5 Å². The Balaban J connectivity index is 3.29. The zero-order valence-electron chi connectivity index (χ0n) is 11.2. The maximum Gasteiger partial charge on any atom is 0.416 e. The number of nitrogens with two attached hydrogens (primary N) is 1. The van der Waals surface area contributed by atoms with Gasteiger partial charge in [-0.1, -0.05) is 0 Å². The van der Waals surface area contributed by atoms with E-state index in [1.807, 2.05) is 0 Å². The van der Waals surface area contributed by atoms with Crippen LogP contribution in [0, 0.1) is 11.2 Å². The average Bonchev–Trinajstić information content (AvgIpc) is 2.35. The van der Waals surface area contributed by atoms with Crippen LogP contribution >= 0.6 is 0 Å². The van der Waals surface area contributed by atoms with Crippen LogP contribution in [0.2, 0.25) is 0 Å². The summed E-state index contributed by atoms with van der Waals surface area (Å²) < 4.78 is 56.1. The average molecular weight is 293 g/mol. The normalized spacial score (nSPS) is 14.0. The van der Waals surface area contributed by atoms with Gasteiger partial charge in [0.05, 0.1) is 18.1 Å². The molecule has 0 saturated heterocycles. The molecule has 7 heteroatoms. The first-order valence-electron chi connectivity index (χ1n) is 5.72. The Morgan fingerprint density at radius 3 is 2.30 bits per heavy atom. The van der Waals surface area contributed by atoms with Crippen LogP contribution in [0.25, 0.3) is 0 Å². The maximum absolute atomic E-state index is 13.7. The molecular formula is C13H15F4NO2. The number of halogens is 4. The molecular weight excluding hydrogens is 278 g/mol. The molecule has 0 spiro atoms. The molecule has 0 heterocycles. The SMILES string of the molecule is COC(=O)C(C)(C)[C@@H](N)c1cc(C(F)(F)F)ccc1F. The molecule has 1 rings (SSSR count). The van der Waals surface area contributed by atoms with Crippen molar-refractivity contribution < 1.29 is 27.1 Å². The second kappa shape index (κ2) is 5.40. The molecule has 0 fully saturated rings. The maximum atomic E-state index is 13.7. The van der Waals surface area contributed by atoms with Gasteiger partial charge in [-0.05, 0) is 32.0 Å². The summed E-state index contributed by atoms with van der Waals surface area (Å²) >= 11 is 0. The van der Waals surface area contributed by atoms with E-state index in [0.29, 0.717) is 18.2 Å². The van der Waals surface area contributed by atoms with Crippen LogP contribution in [-0.2, 0) is 15.7 Å². The number of rotatable bonds is 3. The second-order valence-electron chi connectivity index (χ2n) is 4.92. The lowest BCUT2D eigenvalue weighted by Crippen LogP contribution is -2.38. The first kappa shape index (κ1) is 16.4. The minimum atomic E-state index is -4.61. The van der Waals surface area contributed by atoms with Crippen molar-refractivity contribution in [3.8, 4) is 0 Å². The fraction of sp³-hybridized carbons (Fsp3) is 0.462. The number of ether oxygens (including phenoxy) is 1. The van der Waals surface area contributed by atoms with E-state index in [-0.39, 0.29) is 5.56 Å². The van der Waals surface area contributed by atoms with Crippen LogP contribution in [0.4, 0.5) is 17.6 Å². The second-order valence-corrected chi connectivity index (χ2v) is 4.92. The predicted molar refractivity (Wildman–Crippen MR) is 64.1 cm³/mol. The van der Waals surface area contributed by atoms with Crippen molar-refractivity contribution in [3.63, 3.8) is 0 Å². The van der Waals surface area contributed by atoms with E-state index in [1.165, 1.54) is 13.8 Å². The summed E-state index contributed by atoms with van der Waals surface area (Å²) in [7, 11) is 1.12. The summed E-state index contributed by atoms with van der Waals surface area (Å²) in [5, 5.41) is 0. The van der Waals surface area contributed by atoms with E-state index in [4.69, 9.17) is 5.73 Å². The summed E-state index contributed by atoms with van der Waals surface area (Å²) in [6, 6.07) is 0.657. The van der Waals surface area contributed by atoms with Crippen LogP contribution in [-0.4, -0.2) is 13.1 Å². The van der Waals surface area contributed by atoms with Gasteiger partial charge in [-0.3, -0.25) is 4.79 Å². The van der Waals surface area contributed by atoms with Gasteiger partial charge in [0.2, 0.25) is 0 Å².